The number of fused-ring (bicyclic) bond motifs is 4. The van der Waals surface area contributed by atoms with Gasteiger partial charge in [0.15, 0.2) is 16.6 Å². The van der Waals surface area contributed by atoms with E-state index in [0.29, 0.717) is 6.54 Å². The number of pyridine rings is 1. The van der Waals surface area contributed by atoms with E-state index >= 15 is 0 Å². The van der Waals surface area contributed by atoms with Crippen molar-refractivity contribution in [1.82, 2.24) is 25.2 Å². The van der Waals surface area contributed by atoms with Crippen molar-refractivity contribution >= 4 is 54.9 Å². The average Bonchev–Trinajstić information content (AvgIpc) is 3.46. The Bertz CT molecular complexity index is 1310. The number of aromatic nitrogens is 3. The Hall–Kier alpha value is -3.24. The van der Waals surface area contributed by atoms with Crippen LogP contribution >= 0.6 is 23.6 Å². The molecule has 0 fully saturated rings. The fourth-order valence-corrected chi connectivity index (χ4v) is 5.22. The summed E-state index contributed by atoms with van der Waals surface area (Å²) in [5.74, 6) is 2.48. The number of thiocarbonyl (C=S) groups is 1. The van der Waals surface area contributed by atoms with Crippen molar-refractivity contribution in [3.05, 3.63) is 48.4 Å². The Kier molecular flexibility index (Phi) is 6.10. The highest BCUT2D eigenvalue weighted by molar-refractivity contribution is 7.80. The molecule has 0 atom stereocenters. The first-order chi connectivity index (χ1) is 16.1. The van der Waals surface area contributed by atoms with Gasteiger partial charge in [0, 0.05) is 44.8 Å². The largest absolute Gasteiger partial charge is 0.454 e. The molecule has 1 aliphatic heterocycles. The van der Waals surface area contributed by atoms with E-state index in [4.69, 9.17) is 21.7 Å². The first kappa shape index (κ1) is 21.6. The molecule has 0 radical (unpaired) electrons. The van der Waals surface area contributed by atoms with Crippen molar-refractivity contribution in [3.8, 4) is 11.5 Å². The van der Waals surface area contributed by atoms with E-state index in [2.05, 4.69) is 50.1 Å². The molecular formula is C23H24N6O2S2. The number of ether oxygens (including phenoxy) is 2. The van der Waals surface area contributed by atoms with Crippen molar-refractivity contribution in [2.24, 2.45) is 0 Å². The van der Waals surface area contributed by atoms with E-state index in [1.165, 1.54) is 0 Å². The minimum absolute atomic E-state index is 0.276. The van der Waals surface area contributed by atoms with Crippen molar-refractivity contribution in [2.75, 3.05) is 38.4 Å². The molecule has 0 spiro atoms. The molecule has 33 heavy (non-hydrogen) atoms. The smallest absolute Gasteiger partial charge is 0.231 e. The molecule has 1 aromatic carbocycles. The lowest BCUT2D eigenvalue weighted by atomic mass is 10.2. The number of hydrogen-bond acceptors (Lipinski definition) is 8. The Morgan fingerprint density at radius 1 is 1.15 bits per heavy atom. The highest BCUT2D eigenvalue weighted by Crippen LogP contribution is 2.35. The SMILES string of the molecule is CCN(CCN(C)c1ncnc2c1sc1ncccc12)C(=S)NCc1ccc2c(c1)OCO2. The van der Waals surface area contributed by atoms with Crippen LogP contribution in [0.1, 0.15) is 12.5 Å². The standard InChI is InChI=1S/C23H24N6O2S2/c1-3-29(23(32)25-12-15-6-7-17-18(11-15)31-14-30-17)10-9-28(2)21-20-19(26-13-27-21)16-5-4-8-24-22(16)33-20/h4-8,11,13H,3,9-10,12,14H2,1-2H3,(H,25,32). The summed E-state index contributed by atoms with van der Waals surface area (Å²) in [6, 6.07) is 9.94. The van der Waals surface area contributed by atoms with Crippen molar-refractivity contribution in [3.63, 3.8) is 0 Å². The van der Waals surface area contributed by atoms with Crippen LogP contribution in [0.25, 0.3) is 20.4 Å². The van der Waals surface area contributed by atoms with Crippen LogP contribution in [0, 0.1) is 0 Å². The summed E-state index contributed by atoms with van der Waals surface area (Å²) in [4.78, 5) is 18.8. The number of rotatable bonds is 7. The monoisotopic (exact) mass is 480 g/mol. The Morgan fingerprint density at radius 3 is 2.91 bits per heavy atom. The van der Waals surface area contributed by atoms with E-state index in [-0.39, 0.29) is 6.79 Å². The van der Waals surface area contributed by atoms with Crippen LogP contribution in [0.5, 0.6) is 11.5 Å². The molecule has 0 aliphatic carbocycles. The maximum atomic E-state index is 5.67. The molecule has 5 rings (SSSR count). The predicted octanol–water partition coefficient (Wildman–Crippen LogP) is 3.80. The lowest BCUT2D eigenvalue weighted by molar-refractivity contribution is 0.174. The van der Waals surface area contributed by atoms with Gasteiger partial charge < -0.3 is 24.6 Å². The molecule has 8 nitrogen and oxygen atoms in total. The van der Waals surface area contributed by atoms with Crippen LogP contribution in [0.4, 0.5) is 5.82 Å². The summed E-state index contributed by atoms with van der Waals surface area (Å²) in [6.07, 6.45) is 3.44. The zero-order valence-corrected chi connectivity index (χ0v) is 20.1. The van der Waals surface area contributed by atoms with Crippen molar-refractivity contribution in [1.29, 1.82) is 0 Å². The summed E-state index contributed by atoms with van der Waals surface area (Å²) in [5, 5.41) is 5.16. The molecule has 0 bridgehead atoms. The number of benzene rings is 1. The van der Waals surface area contributed by atoms with Crippen LogP contribution in [0.3, 0.4) is 0 Å². The van der Waals surface area contributed by atoms with Crippen LogP contribution in [-0.2, 0) is 6.54 Å². The summed E-state index contributed by atoms with van der Waals surface area (Å²) in [6.45, 7) is 5.37. The highest BCUT2D eigenvalue weighted by atomic mass is 32.1. The van der Waals surface area contributed by atoms with Crippen molar-refractivity contribution in [2.45, 2.75) is 13.5 Å². The highest BCUT2D eigenvalue weighted by Gasteiger charge is 2.17. The molecule has 170 valence electrons. The van der Waals surface area contributed by atoms with E-state index in [1.807, 2.05) is 30.5 Å². The molecule has 0 amide bonds. The summed E-state index contributed by atoms with van der Waals surface area (Å²) in [5.41, 5.74) is 2.05. The molecule has 4 aromatic rings. The third-order valence-electron chi connectivity index (χ3n) is 5.63. The molecule has 0 unspecified atom stereocenters. The molecule has 10 heteroatoms. The van der Waals surface area contributed by atoms with E-state index < -0.39 is 0 Å². The minimum atomic E-state index is 0.276. The second-order valence-electron chi connectivity index (χ2n) is 7.68. The van der Waals surface area contributed by atoms with Crippen LogP contribution in [-0.4, -0.2) is 58.4 Å². The van der Waals surface area contributed by atoms with Gasteiger partial charge in [-0.25, -0.2) is 15.0 Å². The number of nitrogens with zero attached hydrogens (tertiary/aromatic N) is 5. The average molecular weight is 481 g/mol. The van der Waals surface area contributed by atoms with Gasteiger partial charge in [0.25, 0.3) is 0 Å². The van der Waals surface area contributed by atoms with Gasteiger partial charge in [-0.1, -0.05) is 6.07 Å². The molecule has 3 aromatic heterocycles. The molecule has 4 heterocycles. The maximum Gasteiger partial charge on any atom is 0.231 e. The van der Waals surface area contributed by atoms with Gasteiger partial charge in [-0.2, -0.15) is 0 Å². The third kappa shape index (κ3) is 4.36. The maximum absolute atomic E-state index is 5.67. The zero-order valence-electron chi connectivity index (χ0n) is 18.4. The Morgan fingerprint density at radius 2 is 2.03 bits per heavy atom. The fraction of sp³-hybridized carbons (Fsp3) is 0.304. The van der Waals surface area contributed by atoms with Crippen molar-refractivity contribution < 1.29 is 9.47 Å². The number of nitrogens with one attached hydrogen (secondary N) is 1. The summed E-state index contributed by atoms with van der Waals surface area (Å²) in [7, 11) is 2.05. The van der Waals surface area contributed by atoms with Gasteiger partial charge in [-0.05, 0) is 49.0 Å². The van der Waals surface area contributed by atoms with Gasteiger partial charge in [-0.15, -0.1) is 11.3 Å². The number of thiophene rings is 1. The minimum Gasteiger partial charge on any atom is -0.454 e. The van der Waals surface area contributed by atoms with Gasteiger partial charge >= 0.3 is 0 Å². The lowest BCUT2D eigenvalue weighted by Gasteiger charge is -2.27. The van der Waals surface area contributed by atoms with Crippen LogP contribution in [0.2, 0.25) is 0 Å². The normalized spacial score (nSPS) is 12.3. The number of likely N-dealkylation sites (N-methyl/N-ethyl adjacent to an activating group) is 2. The fourth-order valence-electron chi connectivity index (χ4n) is 3.79. The Labute approximate surface area is 201 Å². The van der Waals surface area contributed by atoms with Gasteiger partial charge in [-0.3, -0.25) is 0 Å². The zero-order chi connectivity index (χ0) is 22.8. The molecular weight excluding hydrogens is 456 g/mol. The van der Waals surface area contributed by atoms with E-state index in [1.54, 1.807) is 17.7 Å². The van der Waals surface area contributed by atoms with Crippen LogP contribution < -0.4 is 19.7 Å². The Balaban J connectivity index is 1.22. The molecule has 0 saturated heterocycles. The first-order valence-corrected chi connectivity index (χ1v) is 12.0. The molecule has 1 aliphatic rings. The molecule has 0 saturated carbocycles. The lowest BCUT2D eigenvalue weighted by Crippen LogP contribution is -2.43. The first-order valence-electron chi connectivity index (χ1n) is 10.7. The van der Waals surface area contributed by atoms with Crippen LogP contribution in [0.15, 0.2) is 42.9 Å². The molecule has 1 N–H and O–H groups in total. The summed E-state index contributed by atoms with van der Waals surface area (Å²) >= 11 is 7.30. The third-order valence-corrected chi connectivity index (χ3v) is 7.13. The van der Waals surface area contributed by atoms with Gasteiger partial charge in [0.1, 0.15) is 17.0 Å². The number of hydrogen-bond donors (Lipinski definition) is 1. The van der Waals surface area contributed by atoms with Gasteiger partial charge in [0.05, 0.1) is 10.2 Å². The quantitative estimate of drug-likeness (QED) is 0.398. The predicted molar refractivity (Wildman–Crippen MR) is 135 cm³/mol. The number of anilines is 1. The topological polar surface area (TPSA) is 75.6 Å². The van der Waals surface area contributed by atoms with E-state index in [9.17, 15) is 0 Å². The summed E-state index contributed by atoms with van der Waals surface area (Å²) < 4.78 is 11.9. The second-order valence-corrected chi connectivity index (χ2v) is 9.07. The van der Waals surface area contributed by atoms with E-state index in [0.717, 1.165) is 68.1 Å². The van der Waals surface area contributed by atoms with Gasteiger partial charge in [0.2, 0.25) is 6.79 Å². The second kappa shape index (κ2) is 9.32.